The summed E-state index contributed by atoms with van der Waals surface area (Å²) in [6, 6.07) is 10.9. The molecule has 0 bridgehead atoms. The molecule has 1 heterocycles. The van der Waals surface area contributed by atoms with Crippen LogP contribution in [0, 0.1) is 5.92 Å². The predicted molar refractivity (Wildman–Crippen MR) is 68.6 cm³/mol. The highest BCUT2D eigenvalue weighted by Gasteiger charge is 2.52. The number of hydrogen-bond acceptors (Lipinski definition) is 2. The number of benzene rings is 1. The largest absolute Gasteiger partial charge is 0.388 e. The Labute approximate surface area is 103 Å². The van der Waals surface area contributed by atoms with Gasteiger partial charge in [0.05, 0.1) is 5.60 Å². The molecule has 2 atom stereocenters. The fraction of sp³-hybridized carbons (Fsp3) is 0.600. The van der Waals surface area contributed by atoms with Gasteiger partial charge < -0.3 is 5.11 Å². The van der Waals surface area contributed by atoms with Gasteiger partial charge in [-0.3, -0.25) is 4.90 Å². The number of aliphatic hydroxyl groups is 1. The maximum atomic E-state index is 10.7. The van der Waals surface area contributed by atoms with Gasteiger partial charge >= 0.3 is 0 Å². The Bertz CT molecular complexity index is 387. The van der Waals surface area contributed by atoms with E-state index < -0.39 is 5.60 Å². The van der Waals surface area contributed by atoms with Crippen molar-refractivity contribution in [3.8, 4) is 0 Å². The van der Waals surface area contributed by atoms with E-state index in [0.29, 0.717) is 12.0 Å². The highest BCUT2D eigenvalue weighted by atomic mass is 16.3. The van der Waals surface area contributed by atoms with Gasteiger partial charge in [0.2, 0.25) is 0 Å². The van der Waals surface area contributed by atoms with Gasteiger partial charge in [0, 0.05) is 19.1 Å². The van der Waals surface area contributed by atoms with Crippen LogP contribution in [0.4, 0.5) is 0 Å². The standard InChI is InChI=1S/C15H21NO/c1-12-15(17,14-7-8-14)9-10-16(12)11-13-5-3-2-4-6-13/h2-6,12,14,17H,7-11H2,1H3. The van der Waals surface area contributed by atoms with Crippen molar-refractivity contribution in [2.75, 3.05) is 6.54 Å². The third-order valence-electron chi connectivity index (χ3n) is 4.58. The van der Waals surface area contributed by atoms with Crippen molar-refractivity contribution in [1.29, 1.82) is 0 Å². The fourth-order valence-corrected chi connectivity index (χ4v) is 3.20. The first-order chi connectivity index (χ1) is 8.20. The van der Waals surface area contributed by atoms with E-state index in [4.69, 9.17) is 0 Å². The SMILES string of the molecule is CC1N(Cc2ccccc2)CCC1(O)C1CC1. The quantitative estimate of drug-likeness (QED) is 0.863. The molecular weight excluding hydrogens is 210 g/mol. The Morgan fingerprint density at radius 2 is 2.00 bits per heavy atom. The Kier molecular flexibility index (Phi) is 2.72. The zero-order valence-corrected chi connectivity index (χ0v) is 10.5. The van der Waals surface area contributed by atoms with Gasteiger partial charge in [-0.15, -0.1) is 0 Å². The van der Waals surface area contributed by atoms with Crippen LogP contribution in [0.3, 0.4) is 0 Å². The van der Waals surface area contributed by atoms with Crippen LogP contribution in [0.1, 0.15) is 31.7 Å². The van der Waals surface area contributed by atoms with Crippen LogP contribution >= 0.6 is 0 Å². The van der Waals surface area contributed by atoms with Crippen molar-refractivity contribution in [2.24, 2.45) is 5.92 Å². The third kappa shape index (κ3) is 2.00. The second-order valence-electron chi connectivity index (χ2n) is 5.65. The lowest BCUT2D eigenvalue weighted by molar-refractivity contribution is -0.0109. The minimum absolute atomic E-state index is 0.301. The molecule has 1 aliphatic heterocycles. The third-order valence-corrected chi connectivity index (χ3v) is 4.58. The van der Waals surface area contributed by atoms with Crippen molar-refractivity contribution in [1.82, 2.24) is 4.90 Å². The monoisotopic (exact) mass is 231 g/mol. The zero-order chi connectivity index (χ0) is 11.9. The smallest absolute Gasteiger partial charge is 0.0839 e. The number of nitrogens with zero attached hydrogens (tertiary/aromatic N) is 1. The molecule has 2 unspecified atom stereocenters. The van der Waals surface area contributed by atoms with Crippen LogP contribution in [0.15, 0.2) is 30.3 Å². The lowest BCUT2D eigenvalue weighted by Gasteiger charge is -2.31. The van der Waals surface area contributed by atoms with Crippen LogP contribution in [-0.4, -0.2) is 28.2 Å². The van der Waals surface area contributed by atoms with Gasteiger partial charge in [-0.25, -0.2) is 0 Å². The van der Waals surface area contributed by atoms with Crippen LogP contribution in [0.25, 0.3) is 0 Å². The van der Waals surface area contributed by atoms with E-state index in [9.17, 15) is 5.11 Å². The summed E-state index contributed by atoms with van der Waals surface area (Å²) in [6.07, 6.45) is 3.39. The first kappa shape index (κ1) is 11.2. The first-order valence-electron chi connectivity index (χ1n) is 6.70. The molecule has 0 radical (unpaired) electrons. The zero-order valence-electron chi connectivity index (χ0n) is 10.5. The molecule has 3 rings (SSSR count). The Balaban J connectivity index is 1.70. The summed E-state index contributed by atoms with van der Waals surface area (Å²) in [5, 5.41) is 10.7. The normalized spacial score (nSPS) is 34.1. The maximum Gasteiger partial charge on any atom is 0.0839 e. The van der Waals surface area contributed by atoms with E-state index in [0.717, 1.165) is 19.5 Å². The summed E-state index contributed by atoms with van der Waals surface area (Å²) < 4.78 is 0. The summed E-state index contributed by atoms with van der Waals surface area (Å²) in [7, 11) is 0. The molecule has 92 valence electrons. The number of likely N-dealkylation sites (tertiary alicyclic amines) is 1. The first-order valence-corrected chi connectivity index (χ1v) is 6.70. The summed E-state index contributed by atoms with van der Waals surface area (Å²) in [6.45, 7) is 4.19. The molecule has 1 aromatic rings. The maximum absolute atomic E-state index is 10.7. The highest BCUT2D eigenvalue weighted by Crippen LogP contribution is 2.47. The molecule has 0 amide bonds. The molecule has 2 fully saturated rings. The minimum atomic E-state index is -0.408. The van der Waals surface area contributed by atoms with E-state index in [1.807, 2.05) is 0 Å². The van der Waals surface area contributed by atoms with E-state index >= 15 is 0 Å². The van der Waals surface area contributed by atoms with Crippen molar-refractivity contribution in [3.05, 3.63) is 35.9 Å². The second kappa shape index (κ2) is 4.11. The van der Waals surface area contributed by atoms with Crippen molar-refractivity contribution in [3.63, 3.8) is 0 Å². The lowest BCUT2D eigenvalue weighted by Crippen LogP contribution is -2.43. The molecule has 2 nitrogen and oxygen atoms in total. The topological polar surface area (TPSA) is 23.5 Å². The van der Waals surface area contributed by atoms with E-state index in [1.54, 1.807) is 0 Å². The molecule has 1 saturated carbocycles. The summed E-state index contributed by atoms with van der Waals surface area (Å²) in [5.41, 5.74) is 0.939. The van der Waals surface area contributed by atoms with E-state index in [2.05, 4.69) is 42.2 Å². The van der Waals surface area contributed by atoms with Crippen LogP contribution in [0.2, 0.25) is 0 Å². The molecule has 1 aliphatic carbocycles. The van der Waals surface area contributed by atoms with Gasteiger partial charge in [-0.2, -0.15) is 0 Å². The molecule has 17 heavy (non-hydrogen) atoms. The average Bonchev–Trinajstić information content (AvgIpc) is 3.15. The van der Waals surface area contributed by atoms with Crippen molar-refractivity contribution < 1.29 is 5.11 Å². The Hall–Kier alpha value is -0.860. The molecule has 1 aromatic carbocycles. The fourth-order valence-electron chi connectivity index (χ4n) is 3.20. The van der Waals surface area contributed by atoms with Crippen molar-refractivity contribution >= 4 is 0 Å². The number of rotatable bonds is 3. The Morgan fingerprint density at radius 1 is 1.29 bits per heavy atom. The van der Waals surface area contributed by atoms with Crippen molar-refractivity contribution in [2.45, 2.75) is 44.4 Å². The van der Waals surface area contributed by atoms with Gasteiger partial charge in [0.1, 0.15) is 0 Å². The van der Waals surface area contributed by atoms with Crippen LogP contribution < -0.4 is 0 Å². The summed E-state index contributed by atoms with van der Waals surface area (Å²) >= 11 is 0. The Morgan fingerprint density at radius 3 is 2.65 bits per heavy atom. The minimum Gasteiger partial charge on any atom is -0.388 e. The summed E-state index contributed by atoms with van der Waals surface area (Å²) in [5.74, 6) is 0.568. The molecule has 2 heteroatoms. The summed E-state index contributed by atoms with van der Waals surface area (Å²) in [4.78, 5) is 2.42. The molecule has 1 saturated heterocycles. The van der Waals surface area contributed by atoms with Gasteiger partial charge in [-0.05, 0) is 37.7 Å². The van der Waals surface area contributed by atoms with E-state index in [1.165, 1.54) is 18.4 Å². The second-order valence-corrected chi connectivity index (χ2v) is 5.65. The van der Waals surface area contributed by atoms with Crippen LogP contribution in [-0.2, 0) is 6.54 Å². The average molecular weight is 231 g/mol. The highest BCUT2D eigenvalue weighted by molar-refractivity contribution is 5.16. The predicted octanol–water partition coefficient (Wildman–Crippen LogP) is 2.42. The van der Waals surface area contributed by atoms with Gasteiger partial charge in [0.15, 0.2) is 0 Å². The lowest BCUT2D eigenvalue weighted by atomic mass is 9.90. The molecule has 1 N–H and O–H groups in total. The van der Waals surface area contributed by atoms with Gasteiger partial charge in [0.25, 0.3) is 0 Å². The van der Waals surface area contributed by atoms with Gasteiger partial charge in [-0.1, -0.05) is 30.3 Å². The van der Waals surface area contributed by atoms with E-state index in [-0.39, 0.29) is 0 Å². The molecule has 0 aromatic heterocycles. The molecule has 2 aliphatic rings. The molecule has 0 spiro atoms. The van der Waals surface area contributed by atoms with Crippen LogP contribution in [0.5, 0.6) is 0 Å². The number of hydrogen-bond donors (Lipinski definition) is 1. The molecular formula is C15H21NO.